The van der Waals surface area contributed by atoms with Crippen molar-refractivity contribution in [2.24, 2.45) is 12.2 Å². The Morgan fingerprint density at radius 3 is 2.76 bits per heavy atom. The molecule has 1 heterocycles. The summed E-state index contributed by atoms with van der Waals surface area (Å²) in [4.78, 5) is 4.35. The van der Waals surface area contributed by atoms with Crippen molar-refractivity contribution in [2.75, 3.05) is 17.6 Å². The highest BCUT2D eigenvalue weighted by Crippen LogP contribution is 2.17. The number of hydrogen-bond acceptors (Lipinski definition) is 4. The fourth-order valence-corrected chi connectivity index (χ4v) is 2.00. The largest absolute Gasteiger partial charge is 0.355 e. The first kappa shape index (κ1) is 11.9. The molecule has 0 saturated carbocycles. The van der Waals surface area contributed by atoms with Crippen molar-refractivity contribution in [3.8, 4) is 0 Å². The molecule has 0 aliphatic rings. The Morgan fingerprint density at radius 1 is 1.41 bits per heavy atom. The molecule has 6 nitrogen and oxygen atoms in total. The second-order valence-electron chi connectivity index (χ2n) is 3.78. The van der Waals surface area contributed by atoms with Crippen molar-refractivity contribution in [3.05, 3.63) is 24.3 Å². The minimum absolute atomic E-state index is 0.115. The average Bonchev–Trinajstić information content (AvgIpc) is 2.55. The Bertz CT molecular complexity index is 633. The maximum Gasteiger partial charge on any atom is 0.210 e. The normalized spacial score (nSPS) is 11.9. The molecule has 0 spiro atoms. The van der Waals surface area contributed by atoms with Crippen LogP contribution in [0.4, 0.5) is 5.95 Å². The number of aromatic nitrogens is 2. The Morgan fingerprint density at radius 2 is 2.12 bits per heavy atom. The Kier molecular flexibility index (Phi) is 3.03. The van der Waals surface area contributed by atoms with Crippen LogP contribution in [-0.4, -0.2) is 30.3 Å². The Balaban J connectivity index is 2.17. The van der Waals surface area contributed by atoms with Crippen molar-refractivity contribution in [3.63, 3.8) is 0 Å². The maximum atomic E-state index is 10.8. The van der Waals surface area contributed by atoms with Gasteiger partial charge in [0.15, 0.2) is 0 Å². The molecular formula is C10H14N4O2S. The summed E-state index contributed by atoms with van der Waals surface area (Å²) < 4.78 is 23.5. The molecule has 1 aromatic heterocycles. The van der Waals surface area contributed by atoms with Gasteiger partial charge < -0.3 is 9.88 Å². The molecule has 7 heteroatoms. The van der Waals surface area contributed by atoms with Gasteiger partial charge in [0.05, 0.1) is 16.8 Å². The second-order valence-corrected chi connectivity index (χ2v) is 5.51. The van der Waals surface area contributed by atoms with Crippen LogP contribution in [0.3, 0.4) is 0 Å². The fourth-order valence-electron chi connectivity index (χ4n) is 1.61. The number of hydrogen-bond donors (Lipinski definition) is 2. The van der Waals surface area contributed by atoms with E-state index in [4.69, 9.17) is 5.14 Å². The third-order valence-corrected chi connectivity index (χ3v) is 3.23. The highest BCUT2D eigenvalue weighted by molar-refractivity contribution is 7.89. The minimum Gasteiger partial charge on any atom is -0.355 e. The lowest BCUT2D eigenvalue weighted by atomic mass is 10.3. The third-order valence-electron chi connectivity index (χ3n) is 2.46. The lowest BCUT2D eigenvalue weighted by Crippen LogP contribution is -2.23. The van der Waals surface area contributed by atoms with Crippen molar-refractivity contribution >= 4 is 27.0 Å². The van der Waals surface area contributed by atoms with Crippen LogP contribution in [0.5, 0.6) is 0 Å². The summed E-state index contributed by atoms with van der Waals surface area (Å²) >= 11 is 0. The molecule has 0 radical (unpaired) electrons. The van der Waals surface area contributed by atoms with Crippen LogP contribution in [0.2, 0.25) is 0 Å². The van der Waals surface area contributed by atoms with Crippen molar-refractivity contribution in [1.82, 2.24) is 9.55 Å². The summed E-state index contributed by atoms with van der Waals surface area (Å²) in [6, 6.07) is 7.69. The van der Waals surface area contributed by atoms with Gasteiger partial charge in [0.25, 0.3) is 0 Å². The van der Waals surface area contributed by atoms with E-state index in [1.165, 1.54) is 0 Å². The van der Waals surface area contributed by atoms with Crippen molar-refractivity contribution in [1.29, 1.82) is 0 Å². The summed E-state index contributed by atoms with van der Waals surface area (Å²) in [5, 5.41) is 7.87. The van der Waals surface area contributed by atoms with Gasteiger partial charge in [-0.25, -0.2) is 18.5 Å². The van der Waals surface area contributed by atoms with Crippen LogP contribution in [0.15, 0.2) is 24.3 Å². The van der Waals surface area contributed by atoms with E-state index in [1.54, 1.807) is 0 Å². The SMILES string of the molecule is Cn1c(NCCS(N)(=O)=O)nc2ccccc21. The van der Waals surface area contributed by atoms with Crippen LogP contribution in [0, 0.1) is 0 Å². The van der Waals surface area contributed by atoms with Crippen LogP contribution in [0.1, 0.15) is 0 Å². The van der Waals surface area contributed by atoms with Gasteiger partial charge in [0.2, 0.25) is 16.0 Å². The number of rotatable bonds is 4. The maximum absolute atomic E-state index is 10.8. The number of aryl methyl sites for hydroxylation is 1. The van der Waals surface area contributed by atoms with E-state index in [0.717, 1.165) is 11.0 Å². The number of imidazole rings is 1. The molecule has 0 atom stereocenters. The van der Waals surface area contributed by atoms with Crippen LogP contribution in [0.25, 0.3) is 11.0 Å². The van der Waals surface area contributed by atoms with E-state index in [0.29, 0.717) is 5.95 Å². The van der Waals surface area contributed by atoms with E-state index >= 15 is 0 Å². The quantitative estimate of drug-likeness (QED) is 0.819. The first-order valence-corrected chi connectivity index (χ1v) is 6.85. The smallest absolute Gasteiger partial charge is 0.210 e. The molecule has 0 aliphatic heterocycles. The third kappa shape index (κ3) is 2.75. The summed E-state index contributed by atoms with van der Waals surface area (Å²) in [6.07, 6.45) is 0. The van der Waals surface area contributed by atoms with E-state index < -0.39 is 10.0 Å². The number of para-hydroxylation sites is 2. The Labute approximate surface area is 99.5 Å². The van der Waals surface area contributed by atoms with Crippen molar-refractivity contribution < 1.29 is 8.42 Å². The number of nitrogens with two attached hydrogens (primary N) is 1. The molecule has 0 aliphatic carbocycles. The molecule has 2 aromatic rings. The molecule has 92 valence electrons. The number of fused-ring (bicyclic) bond motifs is 1. The van der Waals surface area contributed by atoms with Gasteiger partial charge >= 0.3 is 0 Å². The lowest BCUT2D eigenvalue weighted by Gasteiger charge is -2.04. The summed E-state index contributed by atoms with van der Waals surface area (Å²) in [5.41, 5.74) is 1.86. The highest BCUT2D eigenvalue weighted by atomic mass is 32.2. The van der Waals surface area contributed by atoms with Crippen molar-refractivity contribution in [2.45, 2.75) is 0 Å². The zero-order chi connectivity index (χ0) is 12.5. The summed E-state index contributed by atoms with van der Waals surface area (Å²) in [7, 11) is -1.57. The molecular weight excluding hydrogens is 240 g/mol. The molecule has 0 bridgehead atoms. The molecule has 2 rings (SSSR count). The molecule has 3 N–H and O–H groups in total. The monoisotopic (exact) mass is 254 g/mol. The molecule has 0 amide bonds. The molecule has 0 fully saturated rings. The number of anilines is 1. The lowest BCUT2D eigenvalue weighted by molar-refractivity contribution is 0.598. The molecule has 1 aromatic carbocycles. The van der Waals surface area contributed by atoms with Crippen LogP contribution < -0.4 is 10.5 Å². The van der Waals surface area contributed by atoms with Crippen LogP contribution >= 0.6 is 0 Å². The number of benzene rings is 1. The van der Waals surface area contributed by atoms with Gasteiger partial charge in [-0.2, -0.15) is 0 Å². The minimum atomic E-state index is -3.44. The first-order valence-electron chi connectivity index (χ1n) is 5.13. The zero-order valence-electron chi connectivity index (χ0n) is 9.42. The molecule has 0 unspecified atom stereocenters. The standard InChI is InChI=1S/C10H14N4O2S/c1-14-9-5-3-2-4-8(9)13-10(14)12-6-7-17(11,15)16/h2-5H,6-7H2,1H3,(H,12,13)(H2,11,15,16). The van der Waals surface area contributed by atoms with Gasteiger partial charge in [-0.05, 0) is 12.1 Å². The van der Waals surface area contributed by atoms with Gasteiger partial charge in [-0.3, -0.25) is 0 Å². The second kappa shape index (κ2) is 4.34. The van der Waals surface area contributed by atoms with Gasteiger partial charge in [-0.15, -0.1) is 0 Å². The summed E-state index contributed by atoms with van der Waals surface area (Å²) in [5.74, 6) is 0.519. The predicted molar refractivity (Wildman–Crippen MR) is 67.2 cm³/mol. The average molecular weight is 254 g/mol. The highest BCUT2D eigenvalue weighted by Gasteiger charge is 2.07. The van der Waals surface area contributed by atoms with E-state index in [9.17, 15) is 8.42 Å². The number of sulfonamides is 1. The number of nitrogens with zero attached hydrogens (tertiary/aromatic N) is 2. The predicted octanol–water partition coefficient (Wildman–Crippen LogP) is 0.274. The molecule has 0 saturated heterocycles. The summed E-state index contributed by atoms with van der Waals surface area (Å²) in [6.45, 7) is 0.246. The number of nitrogens with one attached hydrogen (secondary N) is 1. The topological polar surface area (TPSA) is 90.0 Å². The Hall–Kier alpha value is -1.60. The number of primary sulfonamides is 1. The first-order chi connectivity index (χ1) is 7.97. The van der Waals surface area contributed by atoms with Gasteiger partial charge in [0.1, 0.15) is 0 Å². The van der Waals surface area contributed by atoms with Gasteiger partial charge in [-0.1, -0.05) is 12.1 Å². The molecule has 17 heavy (non-hydrogen) atoms. The van der Waals surface area contributed by atoms with E-state index in [2.05, 4.69) is 10.3 Å². The zero-order valence-corrected chi connectivity index (χ0v) is 10.2. The van der Waals surface area contributed by atoms with E-state index in [-0.39, 0.29) is 12.3 Å². The van der Waals surface area contributed by atoms with E-state index in [1.807, 2.05) is 35.9 Å². The van der Waals surface area contributed by atoms with Crippen LogP contribution in [-0.2, 0) is 17.1 Å². The van der Waals surface area contributed by atoms with Gasteiger partial charge in [0, 0.05) is 13.6 Å². The fraction of sp³-hybridized carbons (Fsp3) is 0.300.